The lowest BCUT2D eigenvalue weighted by atomic mass is 9.98. The Morgan fingerprint density at radius 3 is 2.32 bits per heavy atom. The highest BCUT2D eigenvalue weighted by atomic mass is 16.5. The average Bonchev–Trinajstić information content (AvgIpc) is 3.44. The lowest BCUT2D eigenvalue weighted by Gasteiger charge is -2.26. The molecule has 0 saturated carbocycles. The van der Waals surface area contributed by atoms with E-state index in [4.69, 9.17) is 9.47 Å². The van der Waals surface area contributed by atoms with Crippen molar-refractivity contribution in [2.75, 3.05) is 26.8 Å². The summed E-state index contributed by atoms with van der Waals surface area (Å²) in [6, 6.07) is 15.4. The van der Waals surface area contributed by atoms with Crippen LogP contribution in [0.1, 0.15) is 36.8 Å². The fraction of sp³-hybridized carbons (Fsp3) is 0.423. The van der Waals surface area contributed by atoms with Crippen molar-refractivity contribution in [2.45, 2.75) is 37.8 Å². The molecule has 1 heterocycles. The number of aliphatic carboxylic acids is 1. The van der Waals surface area contributed by atoms with Crippen molar-refractivity contribution >= 4 is 18.0 Å². The number of hydrogen-bond donors (Lipinski definition) is 2. The van der Waals surface area contributed by atoms with Crippen molar-refractivity contribution in [2.24, 2.45) is 5.92 Å². The molecule has 2 aliphatic rings. The number of carboxylic acid groups (broad SMARTS) is 1. The lowest BCUT2D eigenvalue weighted by molar-refractivity contribution is -0.150. The van der Waals surface area contributed by atoms with Gasteiger partial charge in [0.2, 0.25) is 5.91 Å². The third kappa shape index (κ3) is 4.77. The fourth-order valence-electron chi connectivity index (χ4n) is 4.92. The van der Waals surface area contributed by atoms with Gasteiger partial charge in [-0.15, -0.1) is 0 Å². The standard InChI is InChI=1S/C26H30N2O6/c1-3-23(25(30)31)28(2)24(29)16-12-17(33-14-16)13-27-26(32)34-15-22-20-10-6-4-8-18(20)19-9-5-7-11-21(19)22/h4-11,16-17,22-23H,3,12-15H2,1-2H3,(H,27,32)(H,30,31)/t16-,17-,23?/m0/s1. The second-order valence-electron chi connectivity index (χ2n) is 8.81. The zero-order chi connectivity index (χ0) is 24.2. The summed E-state index contributed by atoms with van der Waals surface area (Å²) in [6.45, 7) is 2.39. The van der Waals surface area contributed by atoms with Gasteiger partial charge >= 0.3 is 12.1 Å². The molecule has 8 heteroatoms. The van der Waals surface area contributed by atoms with Gasteiger partial charge < -0.3 is 24.8 Å². The minimum absolute atomic E-state index is 0.0147. The quantitative estimate of drug-likeness (QED) is 0.619. The summed E-state index contributed by atoms with van der Waals surface area (Å²) in [5, 5.41) is 12.0. The summed E-state index contributed by atoms with van der Waals surface area (Å²) in [5.74, 6) is -1.71. The number of rotatable bonds is 8. The topological polar surface area (TPSA) is 105 Å². The SMILES string of the molecule is CCC(C(=O)O)N(C)C(=O)[C@@H]1CO[C@H](CNC(=O)OCC2c3ccccc3-c3ccccc32)C1. The second kappa shape index (κ2) is 10.3. The first-order chi connectivity index (χ1) is 16.4. The first-order valence-electron chi connectivity index (χ1n) is 11.6. The Morgan fingerprint density at radius 2 is 1.74 bits per heavy atom. The molecule has 1 unspecified atom stereocenters. The zero-order valence-corrected chi connectivity index (χ0v) is 19.4. The van der Waals surface area contributed by atoms with Crippen LogP contribution in [-0.4, -0.2) is 66.9 Å². The third-order valence-corrected chi connectivity index (χ3v) is 6.73. The molecule has 1 fully saturated rings. The van der Waals surface area contributed by atoms with Crippen molar-refractivity contribution in [1.29, 1.82) is 0 Å². The molecule has 2 aromatic carbocycles. The van der Waals surface area contributed by atoms with E-state index in [0.717, 1.165) is 11.1 Å². The predicted octanol–water partition coefficient (Wildman–Crippen LogP) is 3.25. The second-order valence-corrected chi connectivity index (χ2v) is 8.81. The van der Waals surface area contributed by atoms with Crippen LogP contribution in [0.5, 0.6) is 0 Å². The first-order valence-corrected chi connectivity index (χ1v) is 11.6. The Bertz CT molecular complexity index is 1030. The van der Waals surface area contributed by atoms with E-state index in [9.17, 15) is 19.5 Å². The van der Waals surface area contributed by atoms with E-state index in [1.807, 2.05) is 24.3 Å². The molecule has 1 saturated heterocycles. The van der Waals surface area contributed by atoms with Gasteiger partial charge in [0.15, 0.2) is 0 Å². The first kappa shape index (κ1) is 23.8. The summed E-state index contributed by atoms with van der Waals surface area (Å²) in [6.07, 6.45) is -0.108. The Hall–Kier alpha value is -3.39. The molecule has 8 nitrogen and oxygen atoms in total. The normalized spacial score (nSPS) is 19.7. The molecule has 0 radical (unpaired) electrons. The van der Waals surface area contributed by atoms with Crippen LogP contribution < -0.4 is 5.32 Å². The highest BCUT2D eigenvalue weighted by Gasteiger charge is 2.36. The van der Waals surface area contributed by atoms with E-state index < -0.39 is 24.0 Å². The maximum absolute atomic E-state index is 12.7. The number of nitrogens with zero attached hydrogens (tertiary/aromatic N) is 1. The lowest BCUT2D eigenvalue weighted by Crippen LogP contribution is -2.45. The molecular formula is C26H30N2O6. The number of fused-ring (bicyclic) bond motifs is 3. The van der Waals surface area contributed by atoms with Gasteiger partial charge in [0.05, 0.1) is 18.6 Å². The molecule has 4 rings (SSSR count). The molecule has 0 spiro atoms. The Labute approximate surface area is 198 Å². The summed E-state index contributed by atoms with van der Waals surface area (Å²) < 4.78 is 11.2. The average molecular weight is 467 g/mol. The maximum atomic E-state index is 12.7. The van der Waals surface area contributed by atoms with Crippen LogP contribution in [0.3, 0.4) is 0 Å². The number of hydrogen-bond acceptors (Lipinski definition) is 5. The largest absolute Gasteiger partial charge is 0.480 e. The van der Waals surface area contributed by atoms with E-state index in [-0.39, 0.29) is 37.7 Å². The van der Waals surface area contributed by atoms with Gasteiger partial charge in [-0.3, -0.25) is 4.79 Å². The van der Waals surface area contributed by atoms with Crippen molar-refractivity contribution in [3.63, 3.8) is 0 Å². The molecule has 34 heavy (non-hydrogen) atoms. The summed E-state index contributed by atoms with van der Waals surface area (Å²) >= 11 is 0. The van der Waals surface area contributed by atoms with Crippen molar-refractivity contribution < 1.29 is 29.0 Å². The number of benzene rings is 2. The van der Waals surface area contributed by atoms with Gasteiger partial charge in [-0.25, -0.2) is 9.59 Å². The van der Waals surface area contributed by atoms with Crippen LogP contribution >= 0.6 is 0 Å². The third-order valence-electron chi connectivity index (χ3n) is 6.73. The van der Waals surface area contributed by atoms with Gasteiger partial charge in [0, 0.05) is 19.5 Å². The monoisotopic (exact) mass is 466 g/mol. The summed E-state index contributed by atoms with van der Waals surface area (Å²) in [7, 11) is 1.51. The predicted molar refractivity (Wildman–Crippen MR) is 125 cm³/mol. The number of carboxylic acids is 1. The summed E-state index contributed by atoms with van der Waals surface area (Å²) in [5.41, 5.74) is 4.63. The number of alkyl carbamates (subject to hydrolysis) is 1. The van der Waals surface area contributed by atoms with E-state index >= 15 is 0 Å². The molecule has 0 aromatic heterocycles. The van der Waals surface area contributed by atoms with Crippen LogP contribution in [0.2, 0.25) is 0 Å². The van der Waals surface area contributed by atoms with Gasteiger partial charge in [-0.05, 0) is 35.1 Å². The van der Waals surface area contributed by atoms with Crippen molar-refractivity contribution in [3.05, 3.63) is 59.7 Å². The minimum atomic E-state index is -1.02. The molecule has 1 aliphatic carbocycles. The van der Waals surface area contributed by atoms with Gasteiger partial charge in [-0.2, -0.15) is 0 Å². The van der Waals surface area contributed by atoms with Gasteiger partial charge in [0.25, 0.3) is 0 Å². The van der Waals surface area contributed by atoms with Crippen LogP contribution in [0, 0.1) is 5.92 Å². The zero-order valence-electron chi connectivity index (χ0n) is 19.4. The fourth-order valence-corrected chi connectivity index (χ4v) is 4.92. The van der Waals surface area contributed by atoms with Crippen LogP contribution in [0.15, 0.2) is 48.5 Å². The van der Waals surface area contributed by atoms with Crippen molar-refractivity contribution in [3.8, 4) is 11.1 Å². The molecule has 3 atom stereocenters. The number of likely N-dealkylation sites (N-methyl/N-ethyl adjacent to an activating group) is 1. The van der Waals surface area contributed by atoms with Crippen LogP contribution in [0.4, 0.5) is 4.79 Å². The number of carbonyl (C=O) groups excluding carboxylic acids is 2. The van der Waals surface area contributed by atoms with Crippen LogP contribution in [0.25, 0.3) is 11.1 Å². The molecular weight excluding hydrogens is 436 g/mol. The Kier molecular flexibility index (Phi) is 7.17. The van der Waals surface area contributed by atoms with Crippen molar-refractivity contribution in [1.82, 2.24) is 10.2 Å². The van der Waals surface area contributed by atoms with E-state index in [1.54, 1.807) is 6.92 Å². The van der Waals surface area contributed by atoms with Gasteiger partial charge in [-0.1, -0.05) is 55.5 Å². The maximum Gasteiger partial charge on any atom is 0.407 e. The highest BCUT2D eigenvalue weighted by molar-refractivity contribution is 5.85. The summed E-state index contributed by atoms with van der Waals surface area (Å²) in [4.78, 5) is 37.6. The molecule has 2 N–H and O–H groups in total. The Morgan fingerprint density at radius 1 is 1.12 bits per heavy atom. The number of amides is 2. The smallest absolute Gasteiger partial charge is 0.407 e. The van der Waals surface area contributed by atoms with E-state index in [1.165, 1.54) is 23.1 Å². The molecule has 1 aliphatic heterocycles. The number of carbonyl (C=O) groups is 3. The van der Waals surface area contributed by atoms with Crippen LogP contribution in [-0.2, 0) is 19.1 Å². The van der Waals surface area contributed by atoms with Gasteiger partial charge in [0.1, 0.15) is 12.6 Å². The number of ether oxygens (including phenoxy) is 2. The molecule has 0 bridgehead atoms. The van der Waals surface area contributed by atoms with E-state index in [2.05, 4.69) is 29.6 Å². The Balaban J connectivity index is 1.26. The minimum Gasteiger partial charge on any atom is -0.480 e. The highest BCUT2D eigenvalue weighted by Crippen LogP contribution is 2.44. The molecule has 180 valence electrons. The van der Waals surface area contributed by atoms with E-state index in [0.29, 0.717) is 12.8 Å². The molecule has 2 amide bonds. The molecule has 2 aromatic rings. The number of nitrogens with one attached hydrogen (secondary N) is 1.